The third kappa shape index (κ3) is 4.38. The minimum atomic E-state index is -0.457. The number of hydrogen-bond acceptors (Lipinski definition) is 5. The fraction of sp³-hybridized carbons (Fsp3) is 0.185. The number of aromatic hydroxyl groups is 1. The largest absolute Gasteiger partial charge is 0.494 e. The zero-order chi connectivity index (χ0) is 23.8. The minimum Gasteiger partial charge on any atom is -0.494 e. The number of methoxy groups -OCH3 is 1. The summed E-state index contributed by atoms with van der Waals surface area (Å²) in [6.45, 7) is 5.96. The molecule has 0 saturated carbocycles. The molecule has 6 nitrogen and oxygen atoms in total. The van der Waals surface area contributed by atoms with Gasteiger partial charge in [0.1, 0.15) is 0 Å². The van der Waals surface area contributed by atoms with Gasteiger partial charge in [0.25, 0.3) is 0 Å². The van der Waals surface area contributed by atoms with E-state index in [0.717, 1.165) is 27.8 Å². The molecule has 0 aliphatic carbocycles. The number of hydrogen-bond donors (Lipinski definition) is 3. The number of nitrogens with one attached hydrogen (secondary N) is 1. The number of aromatic nitrogens is 1. The van der Waals surface area contributed by atoms with E-state index in [1.54, 1.807) is 18.2 Å². The van der Waals surface area contributed by atoms with Gasteiger partial charge in [0.05, 0.1) is 29.6 Å². The molecule has 0 radical (unpaired) electrons. The van der Waals surface area contributed by atoms with Gasteiger partial charge in [-0.15, -0.1) is 0 Å². The number of carbonyl (C=O) groups is 1. The Kier molecular flexibility index (Phi) is 5.78. The monoisotopic (exact) mass is 441 g/mol. The van der Waals surface area contributed by atoms with Crippen LogP contribution in [0.4, 0.5) is 5.69 Å². The van der Waals surface area contributed by atoms with Crippen LogP contribution in [0, 0.1) is 6.92 Å². The molecule has 0 saturated heterocycles. The lowest BCUT2D eigenvalue weighted by Crippen LogP contribution is -2.29. The maximum Gasteiger partial charge on any atom is 0.337 e. The molecular formula is C27H27N3O3. The molecule has 0 amide bonds. The van der Waals surface area contributed by atoms with Crippen molar-refractivity contribution in [3.8, 4) is 5.88 Å². The molecule has 4 rings (SSSR count). The van der Waals surface area contributed by atoms with Crippen LogP contribution < -0.4 is 5.73 Å². The first-order valence-electron chi connectivity index (χ1n) is 10.7. The average Bonchev–Trinajstić information content (AvgIpc) is 3.11. The highest BCUT2D eigenvalue weighted by molar-refractivity contribution is 6.22. The molecule has 1 aromatic heterocycles. The van der Waals surface area contributed by atoms with Gasteiger partial charge >= 0.3 is 5.97 Å². The van der Waals surface area contributed by atoms with Crippen LogP contribution >= 0.6 is 0 Å². The Bertz CT molecular complexity index is 1360. The Morgan fingerprint density at radius 1 is 1.03 bits per heavy atom. The molecule has 0 fully saturated rings. The number of rotatable bonds is 5. The molecule has 0 aliphatic rings. The van der Waals surface area contributed by atoms with Crippen LogP contribution in [-0.2, 0) is 10.3 Å². The summed E-state index contributed by atoms with van der Waals surface area (Å²) in [6.07, 6.45) is 0. The van der Waals surface area contributed by atoms with Crippen LogP contribution in [0.2, 0.25) is 0 Å². The normalized spacial score (nSPS) is 12.2. The number of nitrogens with two attached hydrogens (primary N) is 1. The van der Waals surface area contributed by atoms with E-state index in [2.05, 4.69) is 4.98 Å². The quantitative estimate of drug-likeness (QED) is 0.288. The Hall–Kier alpha value is -3.90. The van der Waals surface area contributed by atoms with E-state index in [9.17, 15) is 9.90 Å². The second-order valence-electron chi connectivity index (χ2n) is 8.65. The van der Waals surface area contributed by atoms with E-state index in [0.29, 0.717) is 22.4 Å². The van der Waals surface area contributed by atoms with Crippen molar-refractivity contribution in [1.82, 2.24) is 4.98 Å². The predicted molar refractivity (Wildman–Crippen MR) is 131 cm³/mol. The highest BCUT2D eigenvalue weighted by atomic mass is 16.5. The molecule has 168 valence electrons. The molecule has 4 N–H and O–H groups in total. The van der Waals surface area contributed by atoms with Gasteiger partial charge in [0.15, 0.2) is 5.88 Å². The molecule has 0 atom stereocenters. The maximum atomic E-state index is 11.9. The van der Waals surface area contributed by atoms with Crippen molar-refractivity contribution in [2.75, 3.05) is 7.11 Å². The lowest BCUT2D eigenvalue weighted by Gasteiger charge is -2.21. The topological polar surface area (TPSA) is 101 Å². The fourth-order valence-corrected chi connectivity index (χ4v) is 4.10. The highest BCUT2D eigenvalue weighted by Gasteiger charge is 2.21. The first kappa shape index (κ1) is 22.3. The van der Waals surface area contributed by atoms with Gasteiger partial charge in [-0.1, -0.05) is 42.5 Å². The van der Waals surface area contributed by atoms with E-state index in [-0.39, 0.29) is 5.88 Å². The number of esters is 1. The minimum absolute atomic E-state index is 0.0222. The highest BCUT2D eigenvalue weighted by Crippen LogP contribution is 2.33. The van der Waals surface area contributed by atoms with Crippen LogP contribution in [0.5, 0.6) is 5.88 Å². The van der Waals surface area contributed by atoms with Crippen LogP contribution in [0.1, 0.15) is 46.5 Å². The summed E-state index contributed by atoms with van der Waals surface area (Å²) in [5.74, 6) is -0.464. The SMILES string of the molecule is COC(=O)c1ccc2c(C(=Nc3ccc(C(C)(C)N)c(C)c3)c3ccccc3)c(O)[nH]c2c1. The van der Waals surface area contributed by atoms with E-state index in [4.69, 9.17) is 15.5 Å². The van der Waals surface area contributed by atoms with Crippen LogP contribution in [0.15, 0.2) is 71.7 Å². The van der Waals surface area contributed by atoms with Crippen LogP contribution in [-0.4, -0.2) is 28.9 Å². The summed E-state index contributed by atoms with van der Waals surface area (Å²) in [6, 6.07) is 20.7. The molecule has 0 bridgehead atoms. The predicted octanol–water partition coefficient (Wildman–Crippen LogP) is 5.33. The smallest absolute Gasteiger partial charge is 0.337 e. The van der Waals surface area contributed by atoms with E-state index < -0.39 is 11.5 Å². The van der Waals surface area contributed by atoms with E-state index >= 15 is 0 Å². The summed E-state index contributed by atoms with van der Waals surface area (Å²) in [5, 5.41) is 11.6. The Labute approximate surface area is 192 Å². The number of nitrogens with zero attached hydrogens (tertiary/aromatic N) is 1. The van der Waals surface area contributed by atoms with Gasteiger partial charge in [0, 0.05) is 22.0 Å². The van der Waals surface area contributed by atoms with E-state index in [1.807, 2.05) is 69.3 Å². The van der Waals surface area contributed by atoms with Crippen molar-refractivity contribution in [1.29, 1.82) is 0 Å². The lowest BCUT2D eigenvalue weighted by molar-refractivity contribution is 0.0601. The molecule has 4 aromatic rings. The standard InChI is InChI=1S/C27H27N3O3/c1-16-14-19(11-13-21(16)27(2,3)28)29-24(17-8-6-5-7-9-17)23-20-12-10-18(26(32)33-4)15-22(20)30-25(23)31/h5-15,30-31H,28H2,1-4H3. The van der Waals surface area contributed by atoms with Crippen molar-refractivity contribution in [3.63, 3.8) is 0 Å². The number of aliphatic imine (C=N–C) groups is 1. The number of benzene rings is 3. The first-order valence-corrected chi connectivity index (χ1v) is 10.7. The number of H-pyrrole nitrogens is 1. The number of ether oxygens (including phenoxy) is 1. The maximum absolute atomic E-state index is 11.9. The lowest BCUT2D eigenvalue weighted by atomic mass is 9.91. The Balaban J connectivity index is 1.91. The number of carbonyl (C=O) groups excluding carboxylic acids is 1. The van der Waals surface area contributed by atoms with Crippen molar-refractivity contribution >= 4 is 28.3 Å². The molecule has 6 heteroatoms. The van der Waals surface area contributed by atoms with Crippen LogP contribution in [0.3, 0.4) is 0 Å². The van der Waals surface area contributed by atoms with Crippen molar-refractivity contribution < 1.29 is 14.6 Å². The average molecular weight is 442 g/mol. The molecular weight excluding hydrogens is 414 g/mol. The molecule has 3 aromatic carbocycles. The summed E-state index contributed by atoms with van der Waals surface area (Å²) < 4.78 is 4.81. The van der Waals surface area contributed by atoms with Crippen molar-refractivity contribution in [2.45, 2.75) is 26.3 Å². The fourth-order valence-electron chi connectivity index (χ4n) is 4.10. The first-order chi connectivity index (χ1) is 15.7. The second-order valence-corrected chi connectivity index (χ2v) is 8.65. The summed E-state index contributed by atoms with van der Waals surface area (Å²) >= 11 is 0. The Morgan fingerprint density at radius 3 is 2.39 bits per heavy atom. The van der Waals surface area contributed by atoms with Gasteiger partial charge in [-0.3, -0.25) is 0 Å². The van der Waals surface area contributed by atoms with E-state index in [1.165, 1.54) is 7.11 Å². The van der Waals surface area contributed by atoms with Crippen LogP contribution in [0.25, 0.3) is 10.9 Å². The number of fused-ring (bicyclic) bond motifs is 1. The molecule has 0 aliphatic heterocycles. The molecule has 0 unspecified atom stereocenters. The van der Waals surface area contributed by atoms with Gasteiger partial charge in [-0.25, -0.2) is 9.79 Å². The van der Waals surface area contributed by atoms with Crippen molar-refractivity contribution in [2.24, 2.45) is 10.7 Å². The number of aromatic amines is 1. The number of aryl methyl sites for hydroxylation is 1. The summed E-state index contributed by atoms with van der Waals surface area (Å²) in [4.78, 5) is 19.9. The molecule has 0 spiro atoms. The van der Waals surface area contributed by atoms with Gasteiger partial charge in [-0.05, 0) is 56.2 Å². The zero-order valence-electron chi connectivity index (χ0n) is 19.1. The second kappa shape index (κ2) is 8.56. The summed E-state index contributed by atoms with van der Waals surface area (Å²) in [5.41, 5.74) is 11.7. The van der Waals surface area contributed by atoms with Gasteiger partial charge < -0.3 is 20.6 Å². The third-order valence-electron chi connectivity index (χ3n) is 5.63. The van der Waals surface area contributed by atoms with Gasteiger partial charge in [0.2, 0.25) is 0 Å². The molecule has 33 heavy (non-hydrogen) atoms. The molecule has 1 heterocycles. The van der Waals surface area contributed by atoms with Crippen molar-refractivity contribution in [3.05, 3.63) is 94.5 Å². The van der Waals surface area contributed by atoms with Gasteiger partial charge in [-0.2, -0.15) is 0 Å². The third-order valence-corrected chi connectivity index (χ3v) is 5.63. The summed E-state index contributed by atoms with van der Waals surface area (Å²) in [7, 11) is 1.34. The Morgan fingerprint density at radius 2 is 1.76 bits per heavy atom. The zero-order valence-corrected chi connectivity index (χ0v) is 19.1.